The normalized spacial score (nSPS) is 15.9. The summed E-state index contributed by atoms with van der Waals surface area (Å²) in [5.74, 6) is -0.210. The molecule has 3 aromatic rings. The van der Waals surface area contributed by atoms with Crippen LogP contribution in [0.25, 0.3) is 10.9 Å². The van der Waals surface area contributed by atoms with Crippen molar-refractivity contribution in [1.29, 1.82) is 0 Å². The molecule has 0 saturated carbocycles. The number of aromatic nitrogens is 1. The number of hydrogen-bond acceptors (Lipinski definition) is 4. The van der Waals surface area contributed by atoms with Gasteiger partial charge in [0.25, 0.3) is 0 Å². The van der Waals surface area contributed by atoms with Crippen LogP contribution in [0.5, 0.6) is 5.75 Å². The van der Waals surface area contributed by atoms with Crippen LogP contribution in [0.2, 0.25) is 0 Å². The van der Waals surface area contributed by atoms with E-state index in [9.17, 15) is 14.7 Å². The van der Waals surface area contributed by atoms with E-state index in [2.05, 4.69) is 4.98 Å². The van der Waals surface area contributed by atoms with Gasteiger partial charge in [-0.25, -0.2) is 0 Å². The average Bonchev–Trinajstić information content (AvgIpc) is 3.16. The van der Waals surface area contributed by atoms with Crippen molar-refractivity contribution in [1.82, 2.24) is 14.8 Å². The Bertz CT molecular complexity index is 994. The van der Waals surface area contributed by atoms with Crippen molar-refractivity contribution in [3.05, 3.63) is 65.9 Å². The summed E-state index contributed by atoms with van der Waals surface area (Å²) in [4.78, 5) is 29.8. The van der Waals surface area contributed by atoms with Gasteiger partial charge in [0.1, 0.15) is 18.4 Å². The molecule has 1 saturated heterocycles. The fourth-order valence-corrected chi connectivity index (χ4v) is 3.77. The van der Waals surface area contributed by atoms with Crippen LogP contribution in [-0.4, -0.2) is 58.4 Å². The highest BCUT2D eigenvalue weighted by Crippen LogP contribution is 2.32. The minimum absolute atomic E-state index is 0.447. The number of fused-ring (bicyclic) bond motifs is 1. The number of hydrogen-bond donors (Lipinski definition) is 2. The van der Waals surface area contributed by atoms with Crippen LogP contribution in [0.4, 0.5) is 0 Å². The van der Waals surface area contributed by atoms with Crippen molar-refractivity contribution in [2.75, 3.05) is 26.2 Å². The number of carbonyl (C=O) groups excluding carboxylic acids is 1. The zero-order chi connectivity index (χ0) is 20.2. The Hall–Kier alpha value is -3.32. The molecule has 1 atom stereocenters. The number of H-pyrrole nitrogens is 1. The van der Waals surface area contributed by atoms with Crippen molar-refractivity contribution in [3.8, 4) is 5.75 Å². The van der Waals surface area contributed by atoms with Crippen LogP contribution in [0.3, 0.4) is 0 Å². The predicted octanol–water partition coefficient (Wildman–Crippen LogP) is 2.65. The number of amides is 1. The molecule has 1 amide bonds. The summed E-state index contributed by atoms with van der Waals surface area (Å²) in [5, 5.41) is 10.8. The van der Waals surface area contributed by atoms with E-state index in [0.717, 1.165) is 22.9 Å². The first-order valence-electron chi connectivity index (χ1n) is 9.59. The molecule has 0 bridgehead atoms. The van der Waals surface area contributed by atoms with Crippen LogP contribution in [0.15, 0.2) is 54.7 Å². The Morgan fingerprint density at radius 3 is 2.59 bits per heavy atom. The van der Waals surface area contributed by atoms with Crippen molar-refractivity contribution >= 4 is 23.3 Å². The third kappa shape index (κ3) is 4.09. The smallest absolute Gasteiger partial charge is 0.325 e. The zero-order valence-corrected chi connectivity index (χ0v) is 16.0. The lowest BCUT2D eigenvalue weighted by Crippen LogP contribution is -2.48. The van der Waals surface area contributed by atoms with Crippen molar-refractivity contribution in [2.45, 2.75) is 12.6 Å². The van der Waals surface area contributed by atoms with Gasteiger partial charge in [0.2, 0.25) is 6.41 Å². The highest BCUT2D eigenvalue weighted by molar-refractivity contribution is 5.90. The molecule has 150 valence electrons. The van der Waals surface area contributed by atoms with E-state index in [4.69, 9.17) is 4.74 Å². The Morgan fingerprint density at radius 1 is 1.14 bits per heavy atom. The molecule has 0 unspecified atom stereocenters. The fraction of sp³-hybridized carbons (Fsp3) is 0.273. The molecule has 0 aliphatic carbocycles. The first-order valence-corrected chi connectivity index (χ1v) is 9.59. The van der Waals surface area contributed by atoms with Gasteiger partial charge in [-0.1, -0.05) is 30.3 Å². The van der Waals surface area contributed by atoms with Gasteiger partial charge in [0.15, 0.2) is 0 Å². The van der Waals surface area contributed by atoms with E-state index >= 15 is 0 Å². The highest BCUT2D eigenvalue weighted by atomic mass is 16.5. The number of carboxylic acid groups (broad SMARTS) is 1. The number of rotatable bonds is 7. The lowest BCUT2D eigenvalue weighted by Gasteiger charge is -2.36. The van der Waals surface area contributed by atoms with Gasteiger partial charge in [-0.15, -0.1) is 0 Å². The molecular formula is C22H23N3O4. The number of nitrogens with zero attached hydrogens (tertiary/aromatic N) is 2. The third-order valence-corrected chi connectivity index (χ3v) is 5.33. The lowest BCUT2D eigenvalue weighted by atomic mass is 10.0. The summed E-state index contributed by atoms with van der Waals surface area (Å²) < 4.78 is 5.92. The van der Waals surface area contributed by atoms with Gasteiger partial charge in [0.05, 0.1) is 0 Å². The molecule has 1 fully saturated rings. The molecule has 0 radical (unpaired) electrons. The number of piperazine rings is 1. The van der Waals surface area contributed by atoms with Crippen molar-refractivity contribution < 1.29 is 19.4 Å². The maximum Gasteiger partial charge on any atom is 0.325 e. The van der Waals surface area contributed by atoms with E-state index in [1.807, 2.05) is 53.4 Å². The van der Waals surface area contributed by atoms with Crippen molar-refractivity contribution in [2.24, 2.45) is 0 Å². The number of carbonyl (C=O) groups is 2. The number of ether oxygens (including phenoxy) is 1. The maximum absolute atomic E-state index is 12.1. The first-order chi connectivity index (χ1) is 14.2. The minimum Gasteiger partial charge on any atom is -0.489 e. The molecule has 2 heterocycles. The lowest BCUT2D eigenvalue weighted by molar-refractivity contribution is -0.144. The monoisotopic (exact) mass is 393 g/mol. The maximum atomic E-state index is 12.1. The second-order valence-corrected chi connectivity index (χ2v) is 7.14. The van der Waals surface area contributed by atoms with E-state index < -0.39 is 12.0 Å². The molecule has 7 heteroatoms. The van der Waals surface area contributed by atoms with Crippen LogP contribution in [-0.2, 0) is 16.2 Å². The van der Waals surface area contributed by atoms with E-state index in [1.54, 1.807) is 11.1 Å². The zero-order valence-electron chi connectivity index (χ0n) is 16.0. The van der Waals surface area contributed by atoms with Gasteiger partial charge < -0.3 is 19.7 Å². The van der Waals surface area contributed by atoms with Gasteiger partial charge in [-0.05, 0) is 23.8 Å². The second kappa shape index (κ2) is 8.36. The molecule has 2 N–H and O–H groups in total. The van der Waals surface area contributed by atoms with Gasteiger partial charge in [-0.2, -0.15) is 0 Å². The molecule has 4 rings (SSSR count). The Balaban J connectivity index is 1.58. The van der Waals surface area contributed by atoms with Gasteiger partial charge in [0, 0.05) is 48.8 Å². The van der Waals surface area contributed by atoms with Gasteiger partial charge in [-0.3, -0.25) is 14.5 Å². The number of carboxylic acids is 1. The molecule has 2 aromatic carbocycles. The number of aromatic amines is 1. The third-order valence-electron chi connectivity index (χ3n) is 5.33. The van der Waals surface area contributed by atoms with E-state index in [1.165, 1.54) is 0 Å². The van der Waals surface area contributed by atoms with Crippen LogP contribution < -0.4 is 4.74 Å². The number of benzene rings is 2. The Labute approximate surface area is 168 Å². The SMILES string of the molecule is O=CN1CCN([C@H](C(=O)O)c2c[nH]c3ccc(OCc4ccccc4)cc23)CC1. The summed E-state index contributed by atoms with van der Waals surface area (Å²) in [6, 6.07) is 14.8. The molecule has 29 heavy (non-hydrogen) atoms. The second-order valence-electron chi connectivity index (χ2n) is 7.14. The summed E-state index contributed by atoms with van der Waals surface area (Å²) in [7, 11) is 0. The quantitative estimate of drug-likeness (QED) is 0.603. The standard InChI is InChI=1S/C22H23N3O4/c26-15-24-8-10-25(11-9-24)21(22(27)28)19-13-23-20-7-6-17(12-18(19)20)29-14-16-4-2-1-3-5-16/h1-7,12-13,15,21,23H,8-11,14H2,(H,27,28)/t21-/m0/s1. The summed E-state index contributed by atoms with van der Waals surface area (Å²) in [5.41, 5.74) is 2.64. The molecule has 1 aliphatic heterocycles. The Morgan fingerprint density at radius 2 is 1.90 bits per heavy atom. The van der Waals surface area contributed by atoms with Crippen LogP contribution in [0, 0.1) is 0 Å². The topological polar surface area (TPSA) is 85.9 Å². The Kier molecular flexibility index (Phi) is 5.48. The first kappa shape index (κ1) is 19.0. The average molecular weight is 393 g/mol. The van der Waals surface area contributed by atoms with E-state index in [0.29, 0.717) is 44.1 Å². The molecule has 1 aliphatic rings. The van der Waals surface area contributed by atoms with Crippen molar-refractivity contribution in [3.63, 3.8) is 0 Å². The summed E-state index contributed by atoms with van der Waals surface area (Å²) >= 11 is 0. The molecule has 0 spiro atoms. The predicted molar refractivity (Wildman–Crippen MR) is 109 cm³/mol. The van der Waals surface area contributed by atoms with Gasteiger partial charge >= 0.3 is 5.97 Å². The number of aliphatic carboxylic acids is 1. The highest BCUT2D eigenvalue weighted by Gasteiger charge is 2.32. The van der Waals surface area contributed by atoms with Crippen LogP contribution >= 0.6 is 0 Å². The molecule has 1 aromatic heterocycles. The molecule has 7 nitrogen and oxygen atoms in total. The summed E-state index contributed by atoms with van der Waals surface area (Å²) in [6.45, 7) is 2.55. The number of nitrogens with one attached hydrogen (secondary N) is 1. The largest absolute Gasteiger partial charge is 0.489 e. The minimum atomic E-state index is -0.902. The summed E-state index contributed by atoms with van der Waals surface area (Å²) in [6.07, 6.45) is 2.58. The molecular weight excluding hydrogens is 370 g/mol. The van der Waals surface area contributed by atoms with E-state index in [-0.39, 0.29) is 0 Å². The fourth-order valence-electron chi connectivity index (χ4n) is 3.77. The van der Waals surface area contributed by atoms with Crippen LogP contribution in [0.1, 0.15) is 17.2 Å².